The van der Waals surface area contributed by atoms with E-state index in [4.69, 9.17) is 5.73 Å². The van der Waals surface area contributed by atoms with Gasteiger partial charge in [0.15, 0.2) is 0 Å². The number of carbonyl (C=O) groups is 1. The maximum Gasteiger partial charge on any atom is 0.253 e. The number of halogens is 1. The number of fused-ring (bicyclic) bond motifs is 1. The van der Waals surface area contributed by atoms with E-state index in [1.807, 2.05) is 12.1 Å². The van der Waals surface area contributed by atoms with E-state index in [9.17, 15) is 9.18 Å². The van der Waals surface area contributed by atoms with Crippen LogP contribution in [0.2, 0.25) is 0 Å². The molecule has 0 heterocycles. The molecule has 4 heteroatoms. The van der Waals surface area contributed by atoms with Crippen LogP contribution in [0.5, 0.6) is 0 Å². The summed E-state index contributed by atoms with van der Waals surface area (Å²) in [6.07, 6.45) is 2.63. The number of anilines is 1. The number of nitrogen functional groups attached to an aromatic ring is 1. The Balaban J connectivity index is 1.73. The Bertz CT molecular complexity index is 684. The zero-order valence-electron chi connectivity index (χ0n) is 11.6. The maximum absolute atomic E-state index is 13.2. The first-order valence-electron chi connectivity index (χ1n) is 7.06. The smallest absolute Gasteiger partial charge is 0.253 e. The molecule has 0 saturated heterocycles. The molecular formula is C17H17FN2O. The zero-order valence-corrected chi connectivity index (χ0v) is 11.6. The third kappa shape index (κ3) is 2.89. The zero-order chi connectivity index (χ0) is 14.8. The van der Waals surface area contributed by atoms with Gasteiger partial charge in [0.2, 0.25) is 0 Å². The second kappa shape index (κ2) is 5.56. The van der Waals surface area contributed by atoms with Crippen LogP contribution in [0.25, 0.3) is 0 Å². The van der Waals surface area contributed by atoms with E-state index in [1.54, 1.807) is 0 Å². The second-order valence-corrected chi connectivity index (χ2v) is 5.41. The highest BCUT2D eigenvalue weighted by molar-refractivity contribution is 5.99. The van der Waals surface area contributed by atoms with Gasteiger partial charge < -0.3 is 11.1 Å². The van der Waals surface area contributed by atoms with Crippen molar-refractivity contribution >= 4 is 11.6 Å². The molecule has 1 unspecified atom stereocenters. The molecule has 0 radical (unpaired) electrons. The third-order valence-corrected chi connectivity index (χ3v) is 3.94. The molecule has 3 nitrogen and oxygen atoms in total. The summed E-state index contributed by atoms with van der Waals surface area (Å²) < 4.78 is 13.2. The average molecular weight is 284 g/mol. The van der Waals surface area contributed by atoms with Crippen LogP contribution in [-0.4, -0.2) is 11.9 Å². The van der Waals surface area contributed by atoms with Gasteiger partial charge in [-0.3, -0.25) is 4.79 Å². The Morgan fingerprint density at radius 3 is 2.76 bits per heavy atom. The molecule has 1 atom stereocenters. The molecule has 1 aliphatic rings. The van der Waals surface area contributed by atoms with Gasteiger partial charge in [0, 0.05) is 11.7 Å². The second-order valence-electron chi connectivity index (χ2n) is 5.41. The van der Waals surface area contributed by atoms with E-state index < -0.39 is 5.82 Å². The van der Waals surface area contributed by atoms with Crippen molar-refractivity contribution in [3.63, 3.8) is 0 Å². The summed E-state index contributed by atoms with van der Waals surface area (Å²) in [7, 11) is 0. The standard InChI is InChI=1S/C17H17FN2O/c18-13-6-8-16(19)15(10-13)17(21)20-14-7-5-11-3-1-2-4-12(11)9-14/h1-4,6,8,10,14H,5,7,9,19H2,(H,20,21). The summed E-state index contributed by atoms with van der Waals surface area (Å²) in [5, 5.41) is 2.96. The van der Waals surface area contributed by atoms with Gasteiger partial charge in [-0.1, -0.05) is 24.3 Å². The number of amides is 1. The quantitative estimate of drug-likeness (QED) is 0.833. The van der Waals surface area contributed by atoms with E-state index in [0.717, 1.165) is 19.3 Å². The number of benzene rings is 2. The van der Waals surface area contributed by atoms with Crippen molar-refractivity contribution in [3.8, 4) is 0 Å². The Morgan fingerprint density at radius 2 is 1.95 bits per heavy atom. The van der Waals surface area contributed by atoms with Crippen LogP contribution in [0.1, 0.15) is 27.9 Å². The molecular weight excluding hydrogens is 267 g/mol. The highest BCUT2D eigenvalue weighted by Gasteiger charge is 2.21. The minimum atomic E-state index is -0.455. The molecule has 0 saturated carbocycles. The van der Waals surface area contributed by atoms with Crippen LogP contribution in [0.15, 0.2) is 42.5 Å². The van der Waals surface area contributed by atoms with Crippen molar-refractivity contribution in [2.75, 3.05) is 5.73 Å². The normalized spacial score (nSPS) is 17.1. The van der Waals surface area contributed by atoms with Crippen molar-refractivity contribution in [2.24, 2.45) is 0 Å². The molecule has 0 bridgehead atoms. The lowest BCUT2D eigenvalue weighted by atomic mass is 9.88. The minimum absolute atomic E-state index is 0.0649. The van der Waals surface area contributed by atoms with E-state index in [2.05, 4.69) is 17.4 Å². The van der Waals surface area contributed by atoms with Crippen molar-refractivity contribution in [1.29, 1.82) is 0 Å². The molecule has 0 aromatic heterocycles. The summed E-state index contributed by atoms with van der Waals surface area (Å²) in [4.78, 5) is 12.2. The summed E-state index contributed by atoms with van der Waals surface area (Å²) in [5.74, 6) is -0.764. The van der Waals surface area contributed by atoms with Crippen LogP contribution >= 0.6 is 0 Å². The van der Waals surface area contributed by atoms with E-state index in [0.29, 0.717) is 5.69 Å². The lowest BCUT2D eigenvalue weighted by Crippen LogP contribution is -2.39. The van der Waals surface area contributed by atoms with E-state index >= 15 is 0 Å². The van der Waals surface area contributed by atoms with Crippen molar-refractivity contribution in [3.05, 3.63) is 65.0 Å². The Labute approximate surface area is 123 Å². The molecule has 2 aromatic carbocycles. The van der Waals surface area contributed by atoms with Gasteiger partial charge in [-0.05, 0) is 48.6 Å². The fourth-order valence-corrected chi connectivity index (χ4v) is 2.81. The van der Waals surface area contributed by atoms with Gasteiger partial charge in [0.05, 0.1) is 5.56 Å². The number of nitrogens with one attached hydrogen (secondary N) is 1. The van der Waals surface area contributed by atoms with Crippen molar-refractivity contribution in [2.45, 2.75) is 25.3 Å². The van der Waals surface area contributed by atoms with Gasteiger partial charge >= 0.3 is 0 Å². The Kier molecular flexibility index (Phi) is 3.60. The predicted octanol–water partition coefficient (Wildman–Crippen LogP) is 2.70. The molecule has 3 rings (SSSR count). The highest BCUT2D eigenvalue weighted by atomic mass is 19.1. The molecule has 2 aromatic rings. The van der Waals surface area contributed by atoms with Gasteiger partial charge in [-0.25, -0.2) is 4.39 Å². The SMILES string of the molecule is Nc1ccc(F)cc1C(=O)NC1CCc2ccccc2C1. The summed E-state index contributed by atoms with van der Waals surface area (Å²) >= 11 is 0. The summed E-state index contributed by atoms with van der Waals surface area (Å²) in [6.45, 7) is 0. The molecule has 3 N–H and O–H groups in total. The largest absolute Gasteiger partial charge is 0.398 e. The highest BCUT2D eigenvalue weighted by Crippen LogP contribution is 2.22. The molecule has 1 amide bonds. The Morgan fingerprint density at radius 1 is 1.19 bits per heavy atom. The third-order valence-electron chi connectivity index (χ3n) is 3.94. The number of nitrogens with two attached hydrogens (primary N) is 1. The number of hydrogen-bond acceptors (Lipinski definition) is 2. The molecule has 0 spiro atoms. The fraction of sp³-hybridized carbons (Fsp3) is 0.235. The maximum atomic E-state index is 13.2. The van der Waals surface area contributed by atoms with Gasteiger partial charge in [-0.2, -0.15) is 0 Å². The molecule has 0 fully saturated rings. The average Bonchev–Trinajstić information content (AvgIpc) is 2.49. The van der Waals surface area contributed by atoms with E-state index in [1.165, 1.54) is 29.3 Å². The van der Waals surface area contributed by atoms with Crippen molar-refractivity contribution in [1.82, 2.24) is 5.32 Å². The number of aryl methyl sites for hydroxylation is 1. The van der Waals surface area contributed by atoms with Crippen molar-refractivity contribution < 1.29 is 9.18 Å². The van der Waals surface area contributed by atoms with Gasteiger partial charge in [0.1, 0.15) is 5.82 Å². The number of hydrogen-bond donors (Lipinski definition) is 2. The lowest BCUT2D eigenvalue weighted by Gasteiger charge is -2.25. The predicted molar refractivity (Wildman–Crippen MR) is 80.5 cm³/mol. The minimum Gasteiger partial charge on any atom is -0.398 e. The van der Waals surface area contributed by atoms with Crippen LogP contribution in [-0.2, 0) is 12.8 Å². The van der Waals surface area contributed by atoms with Gasteiger partial charge in [0.25, 0.3) is 5.91 Å². The topological polar surface area (TPSA) is 55.1 Å². The van der Waals surface area contributed by atoms with Gasteiger partial charge in [-0.15, -0.1) is 0 Å². The first-order valence-corrected chi connectivity index (χ1v) is 7.06. The first kappa shape index (κ1) is 13.6. The lowest BCUT2D eigenvalue weighted by molar-refractivity contribution is 0.0934. The monoisotopic (exact) mass is 284 g/mol. The summed E-state index contributed by atoms with van der Waals surface area (Å²) in [6, 6.07) is 12.2. The van der Waals surface area contributed by atoms with E-state index in [-0.39, 0.29) is 17.5 Å². The Hall–Kier alpha value is -2.36. The fourth-order valence-electron chi connectivity index (χ4n) is 2.81. The van der Waals surface area contributed by atoms with Crippen LogP contribution < -0.4 is 11.1 Å². The van der Waals surface area contributed by atoms with Crippen LogP contribution in [0, 0.1) is 5.82 Å². The first-order chi connectivity index (χ1) is 10.1. The molecule has 108 valence electrons. The number of carbonyl (C=O) groups excluding carboxylic acids is 1. The molecule has 0 aliphatic heterocycles. The van der Waals surface area contributed by atoms with Crippen LogP contribution in [0.3, 0.4) is 0 Å². The number of rotatable bonds is 2. The molecule has 21 heavy (non-hydrogen) atoms. The summed E-state index contributed by atoms with van der Waals surface area (Å²) in [5.41, 5.74) is 8.85. The molecule has 1 aliphatic carbocycles. The van der Waals surface area contributed by atoms with Crippen LogP contribution in [0.4, 0.5) is 10.1 Å².